The van der Waals surface area contributed by atoms with Gasteiger partial charge in [-0.05, 0) is 67.5 Å². The number of anilines is 1. The summed E-state index contributed by atoms with van der Waals surface area (Å²) in [7, 11) is 0. The van der Waals surface area contributed by atoms with Gasteiger partial charge in [0.15, 0.2) is 5.11 Å². The van der Waals surface area contributed by atoms with Crippen LogP contribution in [-0.4, -0.2) is 30.3 Å². The summed E-state index contributed by atoms with van der Waals surface area (Å²) in [6.07, 6.45) is 2.32. The molecule has 1 aliphatic rings. The normalized spacial score (nSPS) is 16.1. The van der Waals surface area contributed by atoms with Gasteiger partial charge in [-0.15, -0.1) is 0 Å². The zero-order chi connectivity index (χ0) is 18.4. The molecule has 0 bridgehead atoms. The maximum absolute atomic E-state index is 12.1. The summed E-state index contributed by atoms with van der Waals surface area (Å²) in [5.74, 6) is 0.446. The molecule has 1 aliphatic heterocycles. The predicted molar refractivity (Wildman–Crippen MR) is 106 cm³/mol. The van der Waals surface area contributed by atoms with E-state index >= 15 is 0 Å². The Morgan fingerprint density at radius 1 is 1.27 bits per heavy atom. The summed E-state index contributed by atoms with van der Waals surface area (Å²) in [4.78, 5) is 12.1. The zero-order valence-corrected chi connectivity index (χ0v) is 15.6. The van der Waals surface area contributed by atoms with Crippen LogP contribution in [0.15, 0.2) is 48.5 Å². The highest BCUT2D eigenvalue weighted by molar-refractivity contribution is 7.80. The topological polar surface area (TPSA) is 59.6 Å². The van der Waals surface area contributed by atoms with Gasteiger partial charge in [0.1, 0.15) is 12.4 Å². The first-order valence-corrected chi connectivity index (χ1v) is 9.11. The first-order chi connectivity index (χ1) is 12.6. The summed E-state index contributed by atoms with van der Waals surface area (Å²) in [5.41, 5.74) is 1.20. The Morgan fingerprint density at radius 3 is 2.77 bits per heavy atom. The molecule has 0 aliphatic carbocycles. The van der Waals surface area contributed by atoms with Crippen molar-refractivity contribution < 1.29 is 14.3 Å². The highest BCUT2D eigenvalue weighted by atomic mass is 35.5. The van der Waals surface area contributed by atoms with Crippen molar-refractivity contribution in [2.45, 2.75) is 18.9 Å². The summed E-state index contributed by atoms with van der Waals surface area (Å²) in [5, 5.41) is 6.30. The lowest BCUT2D eigenvalue weighted by atomic mass is 10.2. The molecule has 0 aromatic heterocycles. The average molecular weight is 391 g/mol. The van der Waals surface area contributed by atoms with Crippen LogP contribution in [0, 0.1) is 0 Å². The van der Waals surface area contributed by atoms with Crippen LogP contribution in [-0.2, 0) is 4.74 Å². The summed E-state index contributed by atoms with van der Waals surface area (Å²) < 4.78 is 11.2. The van der Waals surface area contributed by atoms with Crippen LogP contribution in [0.3, 0.4) is 0 Å². The first kappa shape index (κ1) is 18.6. The van der Waals surface area contributed by atoms with Crippen molar-refractivity contribution in [3.05, 3.63) is 59.1 Å². The molecule has 0 radical (unpaired) electrons. The minimum Gasteiger partial charge on any atom is -0.491 e. The number of rotatable bonds is 5. The first-order valence-electron chi connectivity index (χ1n) is 8.32. The second kappa shape index (κ2) is 8.98. The third-order valence-electron chi connectivity index (χ3n) is 3.89. The molecule has 2 N–H and O–H groups in total. The van der Waals surface area contributed by atoms with Gasteiger partial charge in [-0.2, -0.15) is 0 Å². The molecule has 5 nitrogen and oxygen atoms in total. The maximum atomic E-state index is 12.1. The monoisotopic (exact) mass is 390 g/mol. The number of thiocarbonyl (C=S) groups is 1. The van der Waals surface area contributed by atoms with Crippen LogP contribution in [0.1, 0.15) is 23.2 Å². The lowest BCUT2D eigenvalue weighted by molar-refractivity contribution is 0.0679. The van der Waals surface area contributed by atoms with E-state index in [9.17, 15) is 4.79 Å². The van der Waals surface area contributed by atoms with E-state index in [4.69, 9.17) is 33.3 Å². The van der Waals surface area contributed by atoms with E-state index < -0.39 is 0 Å². The van der Waals surface area contributed by atoms with Crippen molar-refractivity contribution in [3.8, 4) is 5.75 Å². The fraction of sp³-hybridized carbons (Fsp3) is 0.263. The number of carbonyl (C=O) groups excluding carboxylic acids is 1. The second-order valence-corrected chi connectivity index (χ2v) is 6.73. The van der Waals surface area contributed by atoms with Gasteiger partial charge in [-0.1, -0.05) is 17.7 Å². The Hall–Kier alpha value is -2.15. The lowest BCUT2D eigenvalue weighted by Gasteiger charge is -2.13. The number of halogens is 1. The van der Waals surface area contributed by atoms with Crippen LogP contribution < -0.4 is 15.4 Å². The highest BCUT2D eigenvalue weighted by Gasteiger charge is 2.16. The summed E-state index contributed by atoms with van der Waals surface area (Å²) >= 11 is 11.1. The summed E-state index contributed by atoms with van der Waals surface area (Å²) in [6, 6.07) is 14.0. The van der Waals surface area contributed by atoms with E-state index in [0.717, 1.165) is 30.9 Å². The standard InChI is InChI=1S/C19H19ClN2O3S/c20-14-4-1-3-13(11-14)18(23)22-19(26)21-15-6-8-16(9-7-15)25-12-17-5-2-10-24-17/h1,3-4,6-9,11,17H,2,5,10,12H2,(H2,21,22,23,26)/t17-/m0/s1. The molecule has 1 saturated heterocycles. The number of ether oxygens (including phenoxy) is 2. The highest BCUT2D eigenvalue weighted by Crippen LogP contribution is 2.18. The van der Waals surface area contributed by atoms with E-state index in [1.165, 1.54) is 0 Å². The number of carbonyl (C=O) groups is 1. The van der Waals surface area contributed by atoms with Crippen molar-refractivity contribution in [1.82, 2.24) is 5.32 Å². The Balaban J connectivity index is 1.48. The molecule has 0 unspecified atom stereocenters. The predicted octanol–water partition coefficient (Wildman–Crippen LogP) is 4.02. The number of hydrogen-bond donors (Lipinski definition) is 2. The Kier molecular flexibility index (Phi) is 6.44. The van der Waals surface area contributed by atoms with Crippen molar-refractivity contribution in [3.63, 3.8) is 0 Å². The van der Waals surface area contributed by atoms with Crippen molar-refractivity contribution in [1.29, 1.82) is 0 Å². The maximum Gasteiger partial charge on any atom is 0.257 e. The second-order valence-electron chi connectivity index (χ2n) is 5.89. The van der Waals surface area contributed by atoms with E-state index in [1.807, 2.05) is 24.3 Å². The molecule has 0 spiro atoms. The molecule has 26 heavy (non-hydrogen) atoms. The van der Waals surface area contributed by atoms with E-state index in [-0.39, 0.29) is 17.1 Å². The molecule has 1 heterocycles. The Morgan fingerprint density at radius 2 is 2.08 bits per heavy atom. The van der Waals surface area contributed by atoms with Gasteiger partial charge in [-0.25, -0.2) is 0 Å². The number of nitrogens with one attached hydrogen (secondary N) is 2. The lowest BCUT2D eigenvalue weighted by Crippen LogP contribution is -2.34. The molecule has 2 aromatic carbocycles. The Labute approximate surface area is 162 Å². The summed E-state index contributed by atoms with van der Waals surface area (Å²) in [6.45, 7) is 1.37. The van der Waals surface area contributed by atoms with Crippen LogP contribution in [0.2, 0.25) is 5.02 Å². The molecule has 7 heteroatoms. The fourth-order valence-corrected chi connectivity index (χ4v) is 2.97. The molecule has 0 saturated carbocycles. The Bertz CT molecular complexity index is 777. The minimum atomic E-state index is -0.318. The zero-order valence-electron chi connectivity index (χ0n) is 14.0. The van der Waals surface area contributed by atoms with Crippen molar-refractivity contribution in [2.75, 3.05) is 18.5 Å². The minimum absolute atomic E-state index is 0.182. The van der Waals surface area contributed by atoms with Gasteiger partial charge < -0.3 is 14.8 Å². The number of amides is 1. The molecular formula is C19H19ClN2O3S. The van der Waals surface area contributed by atoms with E-state index in [0.29, 0.717) is 17.2 Å². The van der Waals surface area contributed by atoms with Gasteiger partial charge >= 0.3 is 0 Å². The molecule has 1 atom stereocenters. The van der Waals surface area contributed by atoms with Crippen LogP contribution in [0.4, 0.5) is 5.69 Å². The van der Waals surface area contributed by atoms with Gasteiger partial charge in [0.25, 0.3) is 5.91 Å². The molecule has 136 valence electrons. The SMILES string of the molecule is O=C(NC(=S)Nc1ccc(OC[C@@H]2CCCO2)cc1)c1cccc(Cl)c1. The molecule has 3 rings (SSSR count). The smallest absolute Gasteiger partial charge is 0.257 e. The fourth-order valence-electron chi connectivity index (χ4n) is 2.57. The third kappa shape index (κ3) is 5.42. The van der Waals surface area contributed by atoms with Crippen molar-refractivity contribution >= 4 is 40.5 Å². The van der Waals surface area contributed by atoms with E-state index in [1.54, 1.807) is 24.3 Å². The van der Waals surface area contributed by atoms with Crippen LogP contribution in [0.5, 0.6) is 5.75 Å². The van der Waals surface area contributed by atoms with Crippen LogP contribution in [0.25, 0.3) is 0 Å². The largest absolute Gasteiger partial charge is 0.491 e. The molecule has 2 aromatic rings. The molecule has 1 amide bonds. The quantitative estimate of drug-likeness (QED) is 0.755. The van der Waals surface area contributed by atoms with Gasteiger partial charge in [-0.3, -0.25) is 10.1 Å². The molecular weight excluding hydrogens is 372 g/mol. The van der Waals surface area contributed by atoms with Gasteiger partial charge in [0, 0.05) is 22.9 Å². The average Bonchev–Trinajstić information content (AvgIpc) is 3.14. The van der Waals surface area contributed by atoms with E-state index in [2.05, 4.69) is 10.6 Å². The van der Waals surface area contributed by atoms with Gasteiger partial charge in [0.2, 0.25) is 0 Å². The number of hydrogen-bond acceptors (Lipinski definition) is 4. The van der Waals surface area contributed by atoms with Crippen LogP contribution >= 0.6 is 23.8 Å². The number of benzene rings is 2. The molecule has 1 fully saturated rings. The third-order valence-corrected chi connectivity index (χ3v) is 4.33. The van der Waals surface area contributed by atoms with Crippen molar-refractivity contribution in [2.24, 2.45) is 0 Å². The van der Waals surface area contributed by atoms with Gasteiger partial charge in [0.05, 0.1) is 6.10 Å².